The van der Waals surface area contributed by atoms with Crippen molar-refractivity contribution in [2.45, 2.75) is 6.92 Å². The summed E-state index contributed by atoms with van der Waals surface area (Å²) in [6, 6.07) is 5.28. The van der Waals surface area contributed by atoms with E-state index in [9.17, 15) is 0 Å². The summed E-state index contributed by atoms with van der Waals surface area (Å²) < 4.78 is 9.00. The third kappa shape index (κ3) is 1.70. The molecule has 1 aromatic carbocycles. The quantitative estimate of drug-likeness (QED) is 0.574. The van der Waals surface area contributed by atoms with Gasteiger partial charge in [0, 0.05) is 0 Å². The van der Waals surface area contributed by atoms with Crippen LogP contribution in [0.2, 0.25) is 0 Å². The van der Waals surface area contributed by atoms with Crippen LogP contribution in [0.25, 0.3) is 0 Å². The summed E-state index contributed by atoms with van der Waals surface area (Å²) >= 11 is 0. The summed E-state index contributed by atoms with van der Waals surface area (Å²) in [5.74, 6) is 0.866. The van der Waals surface area contributed by atoms with E-state index in [2.05, 4.69) is 9.31 Å². The highest BCUT2D eigenvalue weighted by atomic mass is 16.5. The third-order valence-corrected chi connectivity index (χ3v) is 1.35. The zero-order valence-electron chi connectivity index (χ0n) is 6.20. The molecule has 2 nitrogen and oxygen atoms in total. The summed E-state index contributed by atoms with van der Waals surface area (Å²) in [6.45, 7) is 1.92. The molecule has 0 bridgehead atoms. The summed E-state index contributed by atoms with van der Waals surface area (Å²) in [7, 11) is 9.90. The molecule has 1 aromatic rings. The Labute approximate surface area is 68.4 Å². The van der Waals surface area contributed by atoms with Crippen LogP contribution in [-0.2, 0) is 0 Å². The average Bonchev–Trinajstić information content (AvgIpc) is 2.04. The molecule has 52 valence electrons. The number of hydrogen-bond donors (Lipinski definition) is 0. The molecular formula is C7H6B2O2. The zero-order valence-corrected chi connectivity index (χ0v) is 6.20. The first-order valence-corrected chi connectivity index (χ1v) is 3.12. The van der Waals surface area contributed by atoms with Crippen molar-refractivity contribution in [1.82, 2.24) is 0 Å². The van der Waals surface area contributed by atoms with Crippen molar-refractivity contribution in [2.75, 3.05) is 0 Å². The van der Waals surface area contributed by atoms with Crippen molar-refractivity contribution >= 4 is 16.1 Å². The van der Waals surface area contributed by atoms with E-state index in [0.717, 1.165) is 5.56 Å². The van der Waals surface area contributed by atoms with Gasteiger partial charge in [-0.3, -0.25) is 0 Å². The second-order valence-electron chi connectivity index (χ2n) is 2.19. The van der Waals surface area contributed by atoms with Crippen molar-refractivity contribution in [3.63, 3.8) is 0 Å². The zero-order chi connectivity index (χ0) is 8.27. The molecule has 0 amide bonds. The highest BCUT2D eigenvalue weighted by molar-refractivity contribution is 6.02. The first kappa shape index (κ1) is 8.05. The van der Waals surface area contributed by atoms with Crippen LogP contribution in [0, 0.1) is 6.92 Å². The number of benzene rings is 1. The van der Waals surface area contributed by atoms with Gasteiger partial charge in [0.1, 0.15) is 11.5 Å². The van der Waals surface area contributed by atoms with Crippen molar-refractivity contribution in [2.24, 2.45) is 0 Å². The molecule has 0 heterocycles. The van der Waals surface area contributed by atoms with Crippen molar-refractivity contribution in [3.05, 3.63) is 23.8 Å². The second-order valence-corrected chi connectivity index (χ2v) is 2.19. The molecule has 0 aliphatic heterocycles. The van der Waals surface area contributed by atoms with Crippen LogP contribution in [0.1, 0.15) is 5.56 Å². The molecule has 0 aliphatic carbocycles. The fourth-order valence-electron chi connectivity index (χ4n) is 0.805. The Balaban J connectivity index is 3.06. The fourth-order valence-corrected chi connectivity index (χ4v) is 0.805. The maximum absolute atomic E-state index is 4.96. The Morgan fingerprint density at radius 3 is 2.27 bits per heavy atom. The first-order chi connectivity index (χ1) is 5.27. The van der Waals surface area contributed by atoms with Crippen LogP contribution in [-0.4, -0.2) is 16.1 Å². The van der Waals surface area contributed by atoms with Crippen molar-refractivity contribution in [3.8, 4) is 11.5 Å². The van der Waals surface area contributed by atoms with E-state index in [4.69, 9.17) is 16.1 Å². The SMILES string of the molecule is [B]Oc1ccc(C)cc1O[B]. The molecule has 0 aromatic heterocycles. The second kappa shape index (κ2) is 3.37. The molecule has 0 spiro atoms. The normalized spacial score (nSPS) is 9.18. The molecule has 0 unspecified atom stereocenters. The van der Waals surface area contributed by atoms with Gasteiger partial charge >= 0.3 is 16.1 Å². The first-order valence-electron chi connectivity index (χ1n) is 3.12. The standard InChI is InChI=1S/C7H6B2O2/c1-5-2-3-6(10-8)7(4-5)11-9/h2-4H,1H3. The smallest absolute Gasteiger partial charge is 0.374 e. The molecule has 0 atom stereocenters. The van der Waals surface area contributed by atoms with Gasteiger partial charge in [0.2, 0.25) is 0 Å². The van der Waals surface area contributed by atoms with Gasteiger partial charge in [-0.05, 0) is 24.6 Å². The van der Waals surface area contributed by atoms with E-state index >= 15 is 0 Å². The molecule has 0 N–H and O–H groups in total. The molecule has 1 rings (SSSR count). The minimum absolute atomic E-state index is 0.429. The van der Waals surface area contributed by atoms with Gasteiger partial charge in [0.05, 0.1) is 0 Å². The summed E-state index contributed by atoms with van der Waals surface area (Å²) in [6.07, 6.45) is 0. The predicted octanol–water partition coefficient (Wildman–Crippen LogP) is 0.920. The van der Waals surface area contributed by atoms with Crippen LogP contribution in [0.15, 0.2) is 18.2 Å². The lowest BCUT2D eigenvalue weighted by Gasteiger charge is -2.08. The van der Waals surface area contributed by atoms with Gasteiger partial charge in [0.15, 0.2) is 0 Å². The van der Waals surface area contributed by atoms with Gasteiger partial charge in [-0.15, -0.1) is 0 Å². The topological polar surface area (TPSA) is 18.5 Å². The van der Waals surface area contributed by atoms with Crippen molar-refractivity contribution in [1.29, 1.82) is 0 Å². The third-order valence-electron chi connectivity index (χ3n) is 1.35. The maximum atomic E-state index is 4.96. The Kier molecular flexibility index (Phi) is 2.47. The Morgan fingerprint density at radius 2 is 1.73 bits per heavy atom. The van der Waals surface area contributed by atoms with Crippen LogP contribution >= 0.6 is 0 Å². The largest absolute Gasteiger partial charge is 0.565 e. The Morgan fingerprint density at radius 1 is 1.09 bits per heavy atom. The van der Waals surface area contributed by atoms with E-state index in [1.165, 1.54) is 0 Å². The highest BCUT2D eigenvalue weighted by Crippen LogP contribution is 2.26. The predicted molar refractivity (Wildman–Crippen MR) is 43.9 cm³/mol. The van der Waals surface area contributed by atoms with Crippen LogP contribution < -0.4 is 9.31 Å². The molecule has 0 aliphatic rings. The number of hydrogen-bond acceptors (Lipinski definition) is 2. The van der Waals surface area contributed by atoms with Crippen LogP contribution in [0.5, 0.6) is 11.5 Å². The van der Waals surface area contributed by atoms with Crippen LogP contribution in [0.3, 0.4) is 0 Å². The number of rotatable bonds is 2. The fraction of sp³-hybridized carbons (Fsp3) is 0.143. The minimum Gasteiger partial charge on any atom is -0.565 e. The van der Waals surface area contributed by atoms with Gasteiger partial charge in [0.25, 0.3) is 0 Å². The molecule has 0 saturated carbocycles. The van der Waals surface area contributed by atoms with Crippen molar-refractivity contribution < 1.29 is 9.31 Å². The van der Waals surface area contributed by atoms with Gasteiger partial charge in [-0.25, -0.2) is 0 Å². The minimum atomic E-state index is 0.429. The molecule has 11 heavy (non-hydrogen) atoms. The Bertz CT molecular complexity index is 250. The molecule has 4 radical (unpaired) electrons. The molecule has 0 saturated heterocycles. The highest BCUT2D eigenvalue weighted by Gasteiger charge is 1.99. The van der Waals surface area contributed by atoms with E-state index in [-0.39, 0.29) is 0 Å². The van der Waals surface area contributed by atoms with Gasteiger partial charge < -0.3 is 9.31 Å². The lowest BCUT2D eigenvalue weighted by atomic mass is 10.2. The number of aryl methyl sites for hydroxylation is 1. The molecular weight excluding hydrogens is 138 g/mol. The average molecular weight is 144 g/mol. The maximum Gasteiger partial charge on any atom is 0.374 e. The lowest BCUT2D eigenvalue weighted by Crippen LogP contribution is -1.92. The van der Waals surface area contributed by atoms with Crippen LogP contribution in [0.4, 0.5) is 0 Å². The molecule has 4 heteroatoms. The summed E-state index contributed by atoms with van der Waals surface area (Å²) in [5, 5.41) is 0. The molecule has 0 fully saturated rings. The van der Waals surface area contributed by atoms with E-state index < -0.39 is 0 Å². The van der Waals surface area contributed by atoms with E-state index in [1.807, 2.05) is 13.0 Å². The lowest BCUT2D eigenvalue weighted by molar-refractivity contribution is 0.541. The van der Waals surface area contributed by atoms with E-state index in [1.54, 1.807) is 12.1 Å². The monoisotopic (exact) mass is 144 g/mol. The summed E-state index contributed by atoms with van der Waals surface area (Å²) in [5.41, 5.74) is 1.03. The van der Waals surface area contributed by atoms with Gasteiger partial charge in [-0.1, -0.05) is 6.07 Å². The summed E-state index contributed by atoms with van der Waals surface area (Å²) in [4.78, 5) is 0. The van der Waals surface area contributed by atoms with E-state index in [0.29, 0.717) is 11.5 Å². The Hall–Kier alpha value is -1.05. The van der Waals surface area contributed by atoms with Gasteiger partial charge in [-0.2, -0.15) is 0 Å².